The predicted octanol–water partition coefficient (Wildman–Crippen LogP) is 5.35. The lowest BCUT2D eigenvalue weighted by Gasteiger charge is -2.07. The summed E-state index contributed by atoms with van der Waals surface area (Å²) in [5, 5.41) is 0. The first-order valence-corrected chi connectivity index (χ1v) is 7.99. The Bertz CT molecular complexity index is 840. The van der Waals surface area contributed by atoms with E-state index in [-0.39, 0.29) is 12.4 Å². The van der Waals surface area contributed by atoms with Crippen molar-refractivity contribution in [2.75, 3.05) is 0 Å². The van der Waals surface area contributed by atoms with E-state index in [0.717, 1.165) is 5.56 Å². The smallest absolute Gasteiger partial charge is 0.118 e. The fourth-order valence-corrected chi connectivity index (χ4v) is 2.53. The van der Waals surface area contributed by atoms with Gasteiger partial charge >= 0.3 is 0 Å². The van der Waals surface area contributed by atoms with Gasteiger partial charge in [-0.1, -0.05) is 91.0 Å². The minimum atomic E-state index is 0. The second kappa shape index (κ2) is 9.45. The van der Waals surface area contributed by atoms with Crippen LogP contribution in [0.3, 0.4) is 0 Å². The van der Waals surface area contributed by atoms with Crippen LogP contribution in [0, 0.1) is 0 Å². The third kappa shape index (κ3) is 5.33. The highest BCUT2D eigenvalue weighted by atomic mass is 35.5. The minimum absolute atomic E-state index is 0. The summed E-state index contributed by atoms with van der Waals surface area (Å²) in [4.78, 5) is 4.50. The van der Waals surface area contributed by atoms with Crippen molar-refractivity contribution in [1.29, 1.82) is 0 Å². The SMILES string of the molecule is Cl.NC(/C=C/c1ccccc1)=NCc1ccccc1-c1ccccc1. The molecular weight excluding hydrogens is 328 g/mol. The number of hydrogen-bond donors (Lipinski definition) is 1. The average molecular weight is 349 g/mol. The van der Waals surface area contributed by atoms with Crippen LogP contribution in [0.2, 0.25) is 0 Å². The lowest BCUT2D eigenvalue weighted by molar-refractivity contribution is 1.07. The van der Waals surface area contributed by atoms with Gasteiger partial charge in [0.25, 0.3) is 0 Å². The fraction of sp³-hybridized carbons (Fsp3) is 0.0455. The third-order valence-corrected chi connectivity index (χ3v) is 3.78. The van der Waals surface area contributed by atoms with Crippen LogP contribution in [0.25, 0.3) is 17.2 Å². The van der Waals surface area contributed by atoms with Gasteiger partial charge in [0.15, 0.2) is 0 Å². The molecule has 25 heavy (non-hydrogen) atoms. The summed E-state index contributed by atoms with van der Waals surface area (Å²) < 4.78 is 0. The molecule has 0 aliphatic rings. The Morgan fingerprint density at radius 3 is 2.12 bits per heavy atom. The van der Waals surface area contributed by atoms with Gasteiger partial charge in [0.2, 0.25) is 0 Å². The zero-order valence-electron chi connectivity index (χ0n) is 13.9. The molecule has 0 saturated carbocycles. The van der Waals surface area contributed by atoms with Crippen molar-refractivity contribution in [2.45, 2.75) is 6.54 Å². The molecule has 2 N–H and O–H groups in total. The monoisotopic (exact) mass is 348 g/mol. The Balaban J connectivity index is 0.00000225. The number of rotatable bonds is 5. The molecule has 0 aliphatic carbocycles. The number of halogens is 1. The van der Waals surface area contributed by atoms with Gasteiger partial charge in [-0.15, -0.1) is 12.4 Å². The van der Waals surface area contributed by atoms with E-state index in [1.807, 2.05) is 72.8 Å². The molecule has 2 nitrogen and oxygen atoms in total. The number of nitrogens with two attached hydrogens (primary N) is 1. The zero-order chi connectivity index (χ0) is 16.6. The van der Waals surface area contributed by atoms with E-state index in [4.69, 9.17) is 5.73 Å². The summed E-state index contributed by atoms with van der Waals surface area (Å²) in [6.07, 6.45) is 3.82. The molecule has 0 spiro atoms. The Morgan fingerprint density at radius 1 is 0.800 bits per heavy atom. The molecule has 3 rings (SSSR count). The minimum Gasteiger partial charge on any atom is -0.384 e. The maximum atomic E-state index is 6.02. The van der Waals surface area contributed by atoms with Crippen LogP contribution in [-0.2, 0) is 6.54 Å². The molecule has 3 aromatic rings. The lowest BCUT2D eigenvalue weighted by Crippen LogP contribution is -2.08. The third-order valence-electron chi connectivity index (χ3n) is 3.78. The van der Waals surface area contributed by atoms with E-state index >= 15 is 0 Å². The van der Waals surface area contributed by atoms with Gasteiger partial charge in [0.1, 0.15) is 5.84 Å². The molecule has 0 bridgehead atoms. The topological polar surface area (TPSA) is 38.4 Å². The van der Waals surface area contributed by atoms with Crippen molar-refractivity contribution in [3.05, 3.63) is 102 Å². The van der Waals surface area contributed by atoms with E-state index in [1.54, 1.807) is 0 Å². The second-order valence-electron chi connectivity index (χ2n) is 5.51. The molecule has 0 saturated heterocycles. The largest absolute Gasteiger partial charge is 0.384 e. The Labute approximate surface area is 155 Å². The van der Waals surface area contributed by atoms with Gasteiger partial charge in [0.05, 0.1) is 6.54 Å². The molecule has 0 heterocycles. The van der Waals surface area contributed by atoms with Crippen LogP contribution in [0.15, 0.2) is 96.0 Å². The van der Waals surface area contributed by atoms with Gasteiger partial charge in [-0.2, -0.15) is 0 Å². The quantitative estimate of drug-likeness (QED) is 0.490. The molecule has 0 fully saturated rings. The number of aliphatic imine (C=N–C) groups is 1. The van der Waals surface area contributed by atoms with E-state index < -0.39 is 0 Å². The van der Waals surface area contributed by atoms with Crippen molar-refractivity contribution in [2.24, 2.45) is 10.7 Å². The molecule has 0 amide bonds. The van der Waals surface area contributed by atoms with Crippen molar-refractivity contribution >= 4 is 24.3 Å². The van der Waals surface area contributed by atoms with Crippen LogP contribution >= 0.6 is 12.4 Å². The first-order valence-electron chi connectivity index (χ1n) is 7.99. The number of nitrogens with zero attached hydrogens (tertiary/aromatic N) is 1. The van der Waals surface area contributed by atoms with Gasteiger partial charge in [0, 0.05) is 0 Å². The molecule has 0 aliphatic heterocycles. The highest BCUT2D eigenvalue weighted by Crippen LogP contribution is 2.23. The maximum Gasteiger partial charge on any atom is 0.118 e. The van der Waals surface area contributed by atoms with Gasteiger partial charge < -0.3 is 5.73 Å². The average Bonchev–Trinajstić information content (AvgIpc) is 2.66. The van der Waals surface area contributed by atoms with Crippen molar-refractivity contribution in [3.8, 4) is 11.1 Å². The molecule has 0 radical (unpaired) electrons. The Hall–Kier alpha value is -2.84. The molecule has 0 unspecified atom stereocenters. The van der Waals surface area contributed by atoms with Gasteiger partial charge in [-0.05, 0) is 28.3 Å². The second-order valence-corrected chi connectivity index (χ2v) is 5.51. The summed E-state index contributed by atoms with van der Waals surface area (Å²) in [5.41, 5.74) is 10.7. The summed E-state index contributed by atoms with van der Waals surface area (Å²) in [5.74, 6) is 0.529. The first kappa shape index (κ1) is 18.5. The first-order chi connectivity index (χ1) is 11.8. The normalized spacial score (nSPS) is 11.3. The number of amidine groups is 1. The Morgan fingerprint density at radius 2 is 1.40 bits per heavy atom. The highest BCUT2D eigenvalue weighted by molar-refractivity contribution is 5.95. The Kier molecular flexibility index (Phi) is 7.00. The van der Waals surface area contributed by atoms with Crippen LogP contribution < -0.4 is 5.73 Å². The van der Waals surface area contributed by atoms with Crippen LogP contribution in [0.1, 0.15) is 11.1 Å². The summed E-state index contributed by atoms with van der Waals surface area (Å²) in [7, 11) is 0. The molecule has 0 atom stereocenters. The van der Waals surface area contributed by atoms with E-state index in [0.29, 0.717) is 12.4 Å². The molecule has 3 heteroatoms. The van der Waals surface area contributed by atoms with Crippen LogP contribution in [0.4, 0.5) is 0 Å². The number of hydrogen-bond acceptors (Lipinski definition) is 1. The van der Waals surface area contributed by atoms with Crippen LogP contribution in [-0.4, -0.2) is 5.84 Å². The molecular formula is C22H21ClN2. The van der Waals surface area contributed by atoms with E-state index in [2.05, 4.69) is 29.3 Å². The summed E-state index contributed by atoms with van der Waals surface area (Å²) >= 11 is 0. The van der Waals surface area contributed by atoms with Gasteiger partial charge in [-0.25, -0.2) is 0 Å². The van der Waals surface area contributed by atoms with Crippen molar-refractivity contribution in [1.82, 2.24) is 0 Å². The lowest BCUT2D eigenvalue weighted by atomic mass is 10.00. The maximum absolute atomic E-state index is 6.02. The molecule has 0 aromatic heterocycles. The summed E-state index contributed by atoms with van der Waals surface area (Å²) in [6.45, 7) is 0.566. The van der Waals surface area contributed by atoms with Crippen molar-refractivity contribution in [3.63, 3.8) is 0 Å². The van der Waals surface area contributed by atoms with Crippen molar-refractivity contribution < 1.29 is 0 Å². The van der Waals surface area contributed by atoms with E-state index in [9.17, 15) is 0 Å². The van der Waals surface area contributed by atoms with Crippen LogP contribution in [0.5, 0.6) is 0 Å². The standard InChI is InChI=1S/C22H20N2.ClH/c23-22(16-15-18-9-3-1-4-10-18)24-17-20-13-7-8-14-21(20)19-11-5-2-6-12-19;/h1-16H,17H2,(H2,23,24);1H/b16-15+;. The zero-order valence-corrected chi connectivity index (χ0v) is 14.7. The summed E-state index contributed by atoms with van der Waals surface area (Å²) in [6, 6.07) is 28.7. The molecule has 3 aromatic carbocycles. The highest BCUT2D eigenvalue weighted by Gasteiger charge is 2.03. The van der Waals surface area contributed by atoms with Gasteiger partial charge in [-0.3, -0.25) is 4.99 Å². The van der Waals surface area contributed by atoms with E-state index in [1.165, 1.54) is 16.7 Å². The molecule has 126 valence electrons. The fourth-order valence-electron chi connectivity index (χ4n) is 2.53. The number of benzene rings is 3. The predicted molar refractivity (Wildman–Crippen MR) is 110 cm³/mol.